The fourth-order valence-electron chi connectivity index (χ4n) is 3.79. The minimum atomic E-state index is -0.212. The second kappa shape index (κ2) is 7.09. The topological polar surface area (TPSA) is 102 Å². The molecule has 9 heteroatoms. The molecule has 0 atom stereocenters. The van der Waals surface area contributed by atoms with Crippen LogP contribution in [0, 0.1) is 6.92 Å². The molecule has 29 heavy (non-hydrogen) atoms. The normalized spacial score (nSPS) is 19.0. The monoisotopic (exact) mass is 393 g/mol. The van der Waals surface area contributed by atoms with Crippen LogP contribution in [0.3, 0.4) is 0 Å². The van der Waals surface area contributed by atoms with Crippen molar-refractivity contribution in [3.63, 3.8) is 0 Å². The molecule has 2 N–H and O–H groups in total. The van der Waals surface area contributed by atoms with E-state index in [1.165, 1.54) is 0 Å². The van der Waals surface area contributed by atoms with Crippen LogP contribution in [0.1, 0.15) is 18.7 Å². The number of pyridine rings is 1. The predicted octanol–water partition coefficient (Wildman–Crippen LogP) is 2.03. The number of ether oxygens (including phenoxy) is 1. The largest absolute Gasteiger partial charge is 0.393 e. The van der Waals surface area contributed by atoms with Crippen LogP contribution in [-0.2, 0) is 11.3 Å². The average Bonchev–Trinajstić information content (AvgIpc) is 3.24. The Morgan fingerprint density at radius 1 is 1.24 bits per heavy atom. The average molecular weight is 393 g/mol. The minimum Gasteiger partial charge on any atom is -0.393 e. The van der Waals surface area contributed by atoms with E-state index < -0.39 is 0 Å². The van der Waals surface area contributed by atoms with Gasteiger partial charge < -0.3 is 19.7 Å². The number of anilines is 1. The van der Waals surface area contributed by atoms with Gasteiger partial charge >= 0.3 is 0 Å². The van der Waals surface area contributed by atoms with Crippen LogP contribution in [0.2, 0.25) is 0 Å². The maximum atomic E-state index is 9.44. The molecule has 0 spiro atoms. The lowest BCUT2D eigenvalue weighted by atomic mass is 9.90. The van der Waals surface area contributed by atoms with Crippen molar-refractivity contribution in [1.29, 1.82) is 0 Å². The Kier molecular flexibility index (Phi) is 4.40. The van der Waals surface area contributed by atoms with Gasteiger partial charge in [-0.2, -0.15) is 0 Å². The molecule has 9 nitrogen and oxygen atoms in total. The first kappa shape index (κ1) is 18.0. The molecule has 150 valence electrons. The maximum absolute atomic E-state index is 9.44. The molecule has 4 aromatic rings. The van der Waals surface area contributed by atoms with Gasteiger partial charge in [-0.15, -0.1) is 5.10 Å². The van der Waals surface area contributed by atoms with Crippen LogP contribution in [0.4, 0.5) is 5.95 Å². The molecule has 0 radical (unpaired) electrons. The van der Waals surface area contributed by atoms with Gasteiger partial charge in [-0.1, -0.05) is 0 Å². The number of rotatable bonds is 6. The molecule has 0 unspecified atom stereocenters. The minimum absolute atomic E-state index is 0.212. The highest BCUT2D eigenvalue weighted by Crippen LogP contribution is 2.27. The zero-order valence-corrected chi connectivity index (χ0v) is 16.4. The number of hydrogen-bond acceptors (Lipinski definition) is 7. The van der Waals surface area contributed by atoms with Crippen molar-refractivity contribution < 1.29 is 9.84 Å². The van der Waals surface area contributed by atoms with Gasteiger partial charge in [0.05, 0.1) is 30.1 Å². The Morgan fingerprint density at radius 3 is 2.90 bits per heavy atom. The highest BCUT2D eigenvalue weighted by atomic mass is 16.5. The maximum Gasteiger partial charge on any atom is 0.241 e. The first-order valence-electron chi connectivity index (χ1n) is 9.74. The van der Waals surface area contributed by atoms with E-state index in [1.807, 2.05) is 31.3 Å². The number of imidazole rings is 1. The van der Waals surface area contributed by atoms with E-state index in [9.17, 15) is 5.11 Å². The van der Waals surface area contributed by atoms with Gasteiger partial charge in [0, 0.05) is 31.5 Å². The summed E-state index contributed by atoms with van der Waals surface area (Å²) in [6.07, 6.45) is 4.97. The molecular formula is C20H23N7O2. The summed E-state index contributed by atoms with van der Waals surface area (Å²) in [6, 6.07) is 6.21. The van der Waals surface area contributed by atoms with Gasteiger partial charge in [0.1, 0.15) is 11.3 Å². The first-order chi connectivity index (χ1) is 14.1. The lowest BCUT2D eigenvalue weighted by Gasteiger charge is -2.31. The molecule has 1 aliphatic rings. The Bertz CT molecular complexity index is 1180. The van der Waals surface area contributed by atoms with Crippen LogP contribution in [0.25, 0.3) is 27.9 Å². The molecule has 0 aromatic carbocycles. The number of aromatic nitrogens is 6. The van der Waals surface area contributed by atoms with Crippen molar-refractivity contribution in [2.75, 3.05) is 19.0 Å². The van der Waals surface area contributed by atoms with Gasteiger partial charge in [-0.3, -0.25) is 0 Å². The quantitative estimate of drug-likeness (QED) is 0.517. The van der Waals surface area contributed by atoms with Crippen LogP contribution >= 0.6 is 0 Å². The Labute approximate surface area is 167 Å². The van der Waals surface area contributed by atoms with Gasteiger partial charge in [-0.25, -0.2) is 19.5 Å². The first-order valence-corrected chi connectivity index (χ1v) is 9.74. The van der Waals surface area contributed by atoms with Crippen LogP contribution < -0.4 is 5.32 Å². The number of nitrogens with zero attached hydrogens (tertiary/aromatic N) is 6. The number of hydrogen-bond donors (Lipinski definition) is 2. The summed E-state index contributed by atoms with van der Waals surface area (Å²) in [5.74, 6) is 1.48. The van der Waals surface area contributed by atoms with E-state index in [-0.39, 0.29) is 12.1 Å². The molecule has 0 saturated heterocycles. The van der Waals surface area contributed by atoms with E-state index in [1.54, 1.807) is 17.8 Å². The summed E-state index contributed by atoms with van der Waals surface area (Å²) in [5.41, 5.74) is 4.42. The van der Waals surface area contributed by atoms with Crippen molar-refractivity contribution in [2.45, 2.75) is 38.5 Å². The van der Waals surface area contributed by atoms with Gasteiger partial charge in [0.2, 0.25) is 5.95 Å². The van der Waals surface area contributed by atoms with Gasteiger partial charge in [0.15, 0.2) is 5.65 Å². The van der Waals surface area contributed by atoms with Crippen molar-refractivity contribution in [3.05, 3.63) is 36.4 Å². The molecule has 0 aliphatic heterocycles. The number of nitrogens with one attached hydrogen (secondary N) is 1. The van der Waals surface area contributed by atoms with Gasteiger partial charge in [-0.05, 0) is 38.0 Å². The molecular weight excluding hydrogens is 370 g/mol. The van der Waals surface area contributed by atoms with Crippen molar-refractivity contribution in [3.8, 4) is 11.3 Å². The molecule has 4 heterocycles. The fraction of sp³-hybridized carbons (Fsp3) is 0.400. The lowest BCUT2D eigenvalue weighted by Crippen LogP contribution is -2.39. The molecule has 4 aromatic heterocycles. The second-order valence-electron chi connectivity index (χ2n) is 7.45. The highest BCUT2D eigenvalue weighted by Gasteiger charge is 2.27. The summed E-state index contributed by atoms with van der Waals surface area (Å²) in [4.78, 5) is 13.9. The highest BCUT2D eigenvalue weighted by molar-refractivity contribution is 5.82. The molecule has 1 saturated carbocycles. The molecule has 1 fully saturated rings. The zero-order chi connectivity index (χ0) is 20.0. The molecule has 5 rings (SSSR count). The summed E-state index contributed by atoms with van der Waals surface area (Å²) in [7, 11) is 1.69. The Hall–Kier alpha value is -3.04. The summed E-state index contributed by atoms with van der Waals surface area (Å²) in [6.45, 7) is 3.29. The van der Waals surface area contributed by atoms with E-state index in [4.69, 9.17) is 9.72 Å². The van der Waals surface area contributed by atoms with E-state index in [0.29, 0.717) is 19.1 Å². The SMILES string of the molecule is COCCn1c(C)nc2ccc(-c3ccn4nc(NC5CC(O)C5)ncc34)nc21. The fourth-order valence-corrected chi connectivity index (χ4v) is 3.79. The standard InChI is InChI=1S/C20H23N7O2/c1-12-22-17-4-3-16(24-19(17)26(12)7-8-29-2)15-5-6-27-18(15)11-21-20(25-27)23-13-9-14(28)10-13/h3-6,11,13-14,28H,7-10H2,1-2H3,(H,23,25). The van der Waals surface area contributed by atoms with E-state index in [0.717, 1.165) is 46.6 Å². The van der Waals surface area contributed by atoms with E-state index >= 15 is 0 Å². The Balaban J connectivity index is 1.49. The second-order valence-corrected chi connectivity index (χ2v) is 7.45. The number of aliphatic hydroxyl groups excluding tert-OH is 1. The smallest absolute Gasteiger partial charge is 0.241 e. The molecule has 0 amide bonds. The van der Waals surface area contributed by atoms with Crippen molar-refractivity contribution >= 4 is 22.6 Å². The lowest BCUT2D eigenvalue weighted by molar-refractivity contribution is 0.0833. The van der Waals surface area contributed by atoms with Gasteiger partial charge in [0.25, 0.3) is 0 Å². The zero-order valence-electron chi connectivity index (χ0n) is 16.4. The molecule has 0 bridgehead atoms. The summed E-state index contributed by atoms with van der Waals surface area (Å²) in [5, 5.41) is 17.2. The number of methoxy groups -OCH3 is 1. The van der Waals surface area contributed by atoms with Crippen molar-refractivity contribution in [2.24, 2.45) is 0 Å². The summed E-state index contributed by atoms with van der Waals surface area (Å²) < 4.78 is 9.10. The molecule has 1 aliphatic carbocycles. The van der Waals surface area contributed by atoms with Crippen LogP contribution in [0.15, 0.2) is 30.6 Å². The third kappa shape index (κ3) is 3.22. The van der Waals surface area contributed by atoms with E-state index in [2.05, 4.69) is 25.0 Å². The number of fused-ring (bicyclic) bond motifs is 2. The Morgan fingerprint density at radius 2 is 2.10 bits per heavy atom. The number of aryl methyl sites for hydroxylation is 1. The van der Waals surface area contributed by atoms with Crippen LogP contribution in [-0.4, -0.2) is 60.1 Å². The summed E-state index contributed by atoms with van der Waals surface area (Å²) >= 11 is 0. The third-order valence-corrected chi connectivity index (χ3v) is 5.44. The number of aliphatic hydroxyl groups is 1. The van der Waals surface area contributed by atoms with Crippen LogP contribution in [0.5, 0.6) is 0 Å². The predicted molar refractivity (Wildman–Crippen MR) is 109 cm³/mol. The third-order valence-electron chi connectivity index (χ3n) is 5.44. The van der Waals surface area contributed by atoms with Crippen molar-refractivity contribution in [1.82, 2.24) is 29.1 Å².